The fraction of sp³-hybridized carbons (Fsp3) is 0.500. The van der Waals surface area contributed by atoms with Gasteiger partial charge in [-0.1, -0.05) is 29.3 Å². The molecule has 7 heteroatoms. The van der Waals surface area contributed by atoms with Gasteiger partial charge in [-0.2, -0.15) is 0 Å². The van der Waals surface area contributed by atoms with Gasteiger partial charge < -0.3 is 0 Å². The lowest BCUT2D eigenvalue weighted by Crippen LogP contribution is -2.02. The monoisotopic (exact) mass is 330 g/mol. The number of rotatable bonds is 7. The van der Waals surface area contributed by atoms with Crippen molar-refractivity contribution in [1.82, 2.24) is 0 Å². The summed E-state index contributed by atoms with van der Waals surface area (Å²) >= 11 is 3.52. The summed E-state index contributed by atoms with van der Waals surface area (Å²) in [4.78, 5) is 20.7. The van der Waals surface area contributed by atoms with Crippen LogP contribution >= 0.6 is 15.9 Å². The molecule has 19 heavy (non-hydrogen) atoms. The number of non-ortho nitro benzene ring substituents is 1. The average Bonchev–Trinajstić information content (AvgIpc) is 2.36. The van der Waals surface area contributed by atoms with Gasteiger partial charge in [0.25, 0.3) is 11.4 Å². The average molecular weight is 331 g/mol. The van der Waals surface area contributed by atoms with Gasteiger partial charge in [-0.3, -0.25) is 20.2 Å². The highest BCUT2D eigenvalue weighted by Gasteiger charge is 2.19. The van der Waals surface area contributed by atoms with Gasteiger partial charge in [0.2, 0.25) is 0 Å². The summed E-state index contributed by atoms with van der Waals surface area (Å²) in [6, 6.07) is 3.81. The normalized spacial score (nSPS) is 12.1. The minimum atomic E-state index is -0.624. The molecule has 0 N–H and O–H groups in total. The second-order valence-electron chi connectivity index (χ2n) is 4.25. The zero-order chi connectivity index (χ0) is 14.4. The highest BCUT2D eigenvalue weighted by atomic mass is 79.9. The first-order chi connectivity index (χ1) is 8.95. The minimum absolute atomic E-state index is 0.176. The number of benzene rings is 1. The predicted molar refractivity (Wildman–Crippen MR) is 75.7 cm³/mol. The van der Waals surface area contributed by atoms with Crippen LogP contribution in [0.1, 0.15) is 31.7 Å². The number of hydrogen-bond donors (Lipinski definition) is 0. The molecule has 0 aliphatic carbocycles. The largest absolute Gasteiger partial charge is 0.279 e. The van der Waals surface area contributed by atoms with E-state index in [1.54, 1.807) is 0 Å². The fourth-order valence-electron chi connectivity index (χ4n) is 1.82. The number of nitro benzene ring substituents is 2. The number of hydrogen-bond acceptors (Lipinski definition) is 4. The van der Waals surface area contributed by atoms with Crippen molar-refractivity contribution < 1.29 is 9.85 Å². The van der Waals surface area contributed by atoms with Gasteiger partial charge >= 0.3 is 0 Å². The highest BCUT2D eigenvalue weighted by molar-refractivity contribution is 9.09. The molecule has 1 aromatic carbocycles. The molecule has 0 spiro atoms. The fourth-order valence-corrected chi connectivity index (χ4v) is 2.50. The maximum atomic E-state index is 10.9. The van der Waals surface area contributed by atoms with E-state index in [2.05, 4.69) is 22.9 Å². The summed E-state index contributed by atoms with van der Waals surface area (Å²) < 4.78 is 0. The molecule has 0 aliphatic heterocycles. The Hall–Kier alpha value is -1.50. The summed E-state index contributed by atoms with van der Waals surface area (Å²) in [5.41, 5.74) is 0.112. The molecule has 6 nitrogen and oxygen atoms in total. The molecule has 0 saturated heterocycles. The number of nitro groups is 2. The van der Waals surface area contributed by atoms with Crippen molar-refractivity contribution in [3.05, 3.63) is 44.0 Å². The number of nitrogens with zero attached hydrogens (tertiary/aromatic N) is 2. The van der Waals surface area contributed by atoms with Crippen LogP contribution in [0.3, 0.4) is 0 Å². The first kappa shape index (κ1) is 15.6. The van der Waals surface area contributed by atoms with Crippen molar-refractivity contribution in [2.45, 2.75) is 37.4 Å². The standard InChI is InChI=1S/C12H15BrN2O4/c1-2-3-10(13)6-4-9-5-7-11(14(16)17)8-12(9)15(18)19/h5,7-8,10H,2-4,6H2,1H3. The SMILES string of the molecule is CCCC(Br)CCc1ccc([N+](=O)[O-])cc1[N+](=O)[O-]. The molecular formula is C12H15BrN2O4. The van der Waals surface area contributed by atoms with Crippen LogP contribution in [0.25, 0.3) is 0 Å². The Morgan fingerprint density at radius 2 is 1.89 bits per heavy atom. The molecule has 0 bridgehead atoms. The molecule has 1 aromatic rings. The molecule has 0 fully saturated rings. The topological polar surface area (TPSA) is 86.3 Å². The van der Waals surface area contributed by atoms with E-state index in [4.69, 9.17) is 0 Å². The molecule has 104 valence electrons. The molecule has 0 radical (unpaired) electrons. The quantitative estimate of drug-likeness (QED) is 0.429. The van der Waals surface area contributed by atoms with Crippen molar-refractivity contribution in [3.63, 3.8) is 0 Å². The lowest BCUT2D eigenvalue weighted by Gasteiger charge is -2.08. The van der Waals surface area contributed by atoms with Crippen LogP contribution in [0.4, 0.5) is 11.4 Å². The maximum absolute atomic E-state index is 10.9. The Morgan fingerprint density at radius 1 is 1.21 bits per heavy atom. The van der Waals surface area contributed by atoms with Crippen LogP contribution in [0, 0.1) is 20.2 Å². The number of aryl methyl sites for hydroxylation is 1. The van der Waals surface area contributed by atoms with Crippen LogP contribution in [0.5, 0.6) is 0 Å². The Bertz CT molecular complexity index is 479. The Balaban J connectivity index is 2.88. The van der Waals surface area contributed by atoms with E-state index in [-0.39, 0.29) is 11.4 Å². The van der Waals surface area contributed by atoms with E-state index in [9.17, 15) is 20.2 Å². The van der Waals surface area contributed by atoms with Crippen LogP contribution in [-0.4, -0.2) is 14.7 Å². The zero-order valence-corrected chi connectivity index (χ0v) is 12.1. The third-order valence-electron chi connectivity index (χ3n) is 2.81. The van der Waals surface area contributed by atoms with Crippen molar-refractivity contribution >= 4 is 27.3 Å². The predicted octanol–water partition coefficient (Wildman–Crippen LogP) is 4.00. The van der Waals surface area contributed by atoms with Gasteiger partial charge in [0, 0.05) is 16.5 Å². The molecule has 1 rings (SSSR count). The molecule has 0 aromatic heterocycles. The van der Waals surface area contributed by atoms with E-state index in [0.29, 0.717) is 16.8 Å². The Morgan fingerprint density at radius 3 is 2.42 bits per heavy atom. The molecule has 1 unspecified atom stereocenters. The van der Waals surface area contributed by atoms with E-state index < -0.39 is 9.85 Å². The molecule has 0 saturated carbocycles. The van der Waals surface area contributed by atoms with Crippen molar-refractivity contribution in [2.24, 2.45) is 0 Å². The lowest BCUT2D eigenvalue weighted by molar-refractivity contribution is -0.394. The van der Waals surface area contributed by atoms with Crippen molar-refractivity contribution in [1.29, 1.82) is 0 Å². The van der Waals surface area contributed by atoms with Gasteiger partial charge in [-0.25, -0.2) is 0 Å². The van der Waals surface area contributed by atoms with Gasteiger partial charge in [-0.05, 0) is 25.3 Å². The molecule has 0 amide bonds. The van der Waals surface area contributed by atoms with Crippen LogP contribution < -0.4 is 0 Å². The van der Waals surface area contributed by atoms with E-state index in [1.165, 1.54) is 12.1 Å². The second-order valence-corrected chi connectivity index (χ2v) is 5.55. The number of halogens is 1. The second kappa shape index (κ2) is 7.18. The summed E-state index contributed by atoms with van der Waals surface area (Å²) in [7, 11) is 0. The maximum Gasteiger partial charge on any atom is 0.279 e. The van der Waals surface area contributed by atoms with Gasteiger partial charge in [0.05, 0.1) is 15.9 Å². The van der Waals surface area contributed by atoms with Crippen LogP contribution in [0.2, 0.25) is 0 Å². The smallest absolute Gasteiger partial charge is 0.258 e. The van der Waals surface area contributed by atoms with Crippen LogP contribution in [0.15, 0.2) is 18.2 Å². The number of alkyl halides is 1. The summed E-state index contributed by atoms with van der Waals surface area (Å²) in [5, 5.41) is 21.6. The molecule has 0 aliphatic rings. The van der Waals surface area contributed by atoms with Crippen molar-refractivity contribution in [2.75, 3.05) is 0 Å². The molecule has 1 atom stereocenters. The van der Waals surface area contributed by atoms with Crippen LogP contribution in [-0.2, 0) is 6.42 Å². The first-order valence-corrected chi connectivity index (χ1v) is 6.93. The van der Waals surface area contributed by atoms with E-state index in [1.807, 2.05) is 0 Å². The Kier molecular flexibility index (Phi) is 5.88. The zero-order valence-electron chi connectivity index (χ0n) is 10.5. The van der Waals surface area contributed by atoms with Gasteiger partial charge in [0.15, 0.2) is 0 Å². The van der Waals surface area contributed by atoms with Crippen molar-refractivity contribution in [3.8, 4) is 0 Å². The molecule has 0 heterocycles. The van der Waals surface area contributed by atoms with E-state index in [0.717, 1.165) is 25.3 Å². The van der Waals surface area contributed by atoms with Gasteiger partial charge in [-0.15, -0.1) is 0 Å². The lowest BCUT2D eigenvalue weighted by atomic mass is 10.0. The third-order valence-corrected chi connectivity index (χ3v) is 3.72. The van der Waals surface area contributed by atoms with Gasteiger partial charge in [0.1, 0.15) is 0 Å². The Labute approximate surface area is 119 Å². The minimum Gasteiger partial charge on any atom is -0.258 e. The molecular weight excluding hydrogens is 316 g/mol. The third kappa shape index (κ3) is 4.59. The summed E-state index contributed by atoms with van der Waals surface area (Å²) in [5.74, 6) is 0. The summed E-state index contributed by atoms with van der Waals surface area (Å²) in [6.45, 7) is 2.07. The highest BCUT2D eigenvalue weighted by Crippen LogP contribution is 2.27. The summed E-state index contributed by atoms with van der Waals surface area (Å²) in [6.07, 6.45) is 3.34. The first-order valence-electron chi connectivity index (χ1n) is 6.01. The van der Waals surface area contributed by atoms with E-state index >= 15 is 0 Å².